The third-order valence-corrected chi connectivity index (χ3v) is 1.77. The summed E-state index contributed by atoms with van der Waals surface area (Å²) in [6.45, 7) is 0. The summed E-state index contributed by atoms with van der Waals surface area (Å²) in [7, 11) is 0. The number of halogens is 10. The second-order valence-electron chi connectivity index (χ2n) is 3.11. The van der Waals surface area contributed by atoms with Crippen LogP contribution >= 0.6 is 0 Å². The van der Waals surface area contributed by atoms with Crippen LogP contribution in [0, 0.1) is 5.41 Å². The molecule has 0 radical (unpaired) electrons. The van der Waals surface area contributed by atoms with Crippen LogP contribution in [0.15, 0.2) is 0 Å². The molecule has 0 spiro atoms. The van der Waals surface area contributed by atoms with Gasteiger partial charge in [0, 0.05) is 0 Å². The first kappa shape index (κ1) is 16.9. The summed E-state index contributed by atoms with van der Waals surface area (Å²) >= 11 is 0. The number of rotatable bonds is 5. The molecule has 0 aromatic heterocycles. The van der Waals surface area contributed by atoms with Gasteiger partial charge in [-0.05, 0) is 0 Å². The standard InChI is InChI=1S/C6H4F10N2/c7-1(2(8)17)3(9,10)4(11,12)5(13,14)6(15,16)18/h1,17H,18H2. The summed E-state index contributed by atoms with van der Waals surface area (Å²) < 4.78 is 123. The van der Waals surface area contributed by atoms with Crippen molar-refractivity contribution in [3.05, 3.63) is 0 Å². The monoisotopic (exact) mass is 294 g/mol. The highest BCUT2D eigenvalue weighted by molar-refractivity contribution is 5.77. The molecule has 0 heterocycles. The summed E-state index contributed by atoms with van der Waals surface area (Å²) in [5, 5.41) is 5.68. The molecule has 0 bridgehead atoms. The predicted octanol–water partition coefficient (Wildman–Crippen LogP) is 2.73. The lowest BCUT2D eigenvalue weighted by Gasteiger charge is -2.35. The molecule has 0 aromatic carbocycles. The van der Waals surface area contributed by atoms with Gasteiger partial charge in [-0.2, -0.15) is 39.5 Å². The molecule has 0 aliphatic carbocycles. The second-order valence-corrected chi connectivity index (χ2v) is 3.11. The lowest BCUT2D eigenvalue weighted by atomic mass is 9.99. The zero-order chi connectivity index (χ0) is 15.2. The largest absolute Gasteiger partial charge is 0.392 e. The Kier molecular flexibility index (Phi) is 3.99. The fourth-order valence-electron chi connectivity index (χ4n) is 0.737. The molecule has 3 N–H and O–H groups in total. The minimum absolute atomic E-state index is 3.23. The normalized spacial score (nSPS) is 16.6. The maximum Gasteiger partial charge on any atom is 0.392 e. The predicted molar refractivity (Wildman–Crippen MR) is 37.7 cm³/mol. The lowest BCUT2D eigenvalue weighted by Crippen LogP contribution is -2.67. The molecule has 12 heteroatoms. The quantitative estimate of drug-likeness (QED) is 0.457. The zero-order valence-electron chi connectivity index (χ0n) is 7.93. The Bertz CT molecular complexity index is 332. The Morgan fingerprint density at radius 2 is 1.22 bits per heavy atom. The van der Waals surface area contributed by atoms with E-state index >= 15 is 0 Å². The maximum atomic E-state index is 12.5. The first-order valence-electron chi connectivity index (χ1n) is 3.79. The Morgan fingerprint density at radius 3 is 1.44 bits per heavy atom. The molecule has 1 atom stereocenters. The van der Waals surface area contributed by atoms with Gasteiger partial charge in [-0.15, -0.1) is 0 Å². The molecular formula is C6H4F10N2. The number of alkyl halides is 9. The molecule has 0 aromatic rings. The van der Waals surface area contributed by atoms with Crippen molar-refractivity contribution in [2.75, 3.05) is 0 Å². The highest BCUT2D eigenvalue weighted by Crippen LogP contribution is 2.52. The molecule has 0 saturated carbocycles. The van der Waals surface area contributed by atoms with Gasteiger partial charge in [0.05, 0.1) is 0 Å². The Morgan fingerprint density at radius 1 is 0.889 bits per heavy atom. The fourth-order valence-corrected chi connectivity index (χ4v) is 0.737. The molecule has 0 amide bonds. The van der Waals surface area contributed by atoms with Crippen molar-refractivity contribution < 1.29 is 43.9 Å². The minimum Gasteiger partial charge on any atom is -0.275 e. The van der Waals surface area contributed by atoms with Crippen molar-refractivity contribution in [1.29, 1.82) is 5.41 Å². The Labute approximate surface area is 92.2 Å². The van der Waals surface area contributed by atoms with Crippen molar-refractivity contribution in [3.8, 4) is 0 Å². The van der Waals surface area contributed by atoms with Crippen molar-refractivity contribution in [3.63, 3.8) is 0 Å². The molecule has 0 saturated heterocycles. The van der Waals surface area contributed by atoms with E-state index in [2.05, 4.69) is 5.73 Å². The van der Waals surface area contributed by atoms with Crippen molar-refractivity contribution in [2.45, 2.75) is 30.0 Å². The third kappa shape index (κ3) is 2.24. The highest BCUT2D eigenvalue weighted by Gasteiger charge is 2.82. The fraction of sp³-hybridized carbons (Fsp3) is 0.833. The first-order valence-corrected chi connectivity index (χ1v) is 3.79. The number of nitrogens with one attached hydrogen (secondary N) is 1. The van der Waals surface area contributed by atoms with E-state index in [1.807, 2.05) is 0 Å². The second kappa shape index (κ2) is 4.24. The van der Waals surface area contributed by atoms with E-state index in [9.17, 15) is 43.9 Å². The van der Waals surface area contributed by atoms with Gasteiger partial charge in [0.2, 0.25) is 12.1 Å². The average molecular weight is 294 g/mol. The van der Waals surface area contributed by atoms with Gasteiger partial charge >= 0.3 is 23.8 Å². The van der Waals surface area contributed by atoms with Crippen LogP contribution in [0.5, 0.6) is 0 Å². The molecule has 1 unspecified atom stereocenters. The van der Waals surface area contributed by atoms with Crippen LogP contribution in [0.25, 0.3) is 0 Å². The summed E-state index contributed by atoms with van der Waals surface area (Å²) in [6.07, 6.45) is -4.82. The first-order chi connectivity index (χ1) is 7.60. The van der Waals surface area contributed by atoms with Crippen LogP contribution < -0.4 is 5.73 Å². The number of hydrogen-bond acceptors (Lipinski definition) is 2. The molecule has 2 nitrogen and oxygen atoms in total. The van der Waals surface area contributed by atoms with Crippen LogP contribution in [-0.4, -0.2) is 36.0 Å². The Hall–Kier alpha value is -1.07. The molecule has 0 aliphatic heterocycles. The molecule has 108 valence electrons. The van der Waals surface area contributed by atoms with E-state index in [0.717, 1.165) is 0 Å². The van der Waals surface area contributed by atoms with Gasteiger partial charge in [0.1, 0.15) is 0 Å². The van der Waals surface area contributed by atoms with E-state index in [0.29, 0.717) is 0 Å². The molecule has 18 heavy (non-hydrogen) atoms. The van der Waals surface area contributed by atoms with Gasteiger partial charge in [-0.3, -0.25) is 11.1 Å². The topological polar surface area (TPSA) is 49.9 Å². The molecule has 0 rings (SSSR count). The van der Waals surface area contributed by atoms with Gasteiger partial charge < -0.3 is 0 Å². The summed E-state index contributed by atoms with van der Waals surface area (Å²) in [4.78, 5) is 0. The van der Waals surface area contributed by atoms with Crippen molar-refractivity contribution >= 4 is 5.97 Å². The average Bonchev–Trinajstić information content (AvgIpc) is 2.13. The van der Waals surface area contributed by atoms with Gasteiger partial charge in [-0.1, -0.05) is 0 Å². The molecule has 0 fully saturated rings. The van der Waals surface area contributed by atoms with Crippen LogP contribution in [0.2, 0.25) is 0 Å². The van der Waals surface area contributed by atoms with E-state index in [1.165, 1.54) is 0 Å². The highest BCUT2D eigenvalue weighted by atomic mass is 19.4. The summed E-state index contributed by atoms with van der Waals surface area (Å²) in [5.74, 6) is -23.7. The molecule has 0 aliphatic rings. The third-order valence-electron chi connectivity index (χ3n) is 1.77. The van der Waals surface area contributed by atoms with Gasteiger partial charge in [-0.25, -0.2) is 4.39 Å². The SMILES string of the molecule is N=C(F)C(F)C(F)(F)C(F)(F)C(F)(F)C(N)(F)F. The minimum atomic E-state index is -7.02. The lowest BCUT2D eigenvalue weighted by molar-refractivity contribution is -0.370. The molecular weight excluding hydrogens is 290 g/mol. The van der Waals surface area contributed by atoms with Gasteiger partial charge in [0.15, 0.2) is 0 Å². The van der Waals surface area contributed by atoms with Crippen LogP contribution in [0.1, 0.15) is 0 Å². The number of nitrogens with two attached hydrogens (primary N) is 1. The van der Waals surface area contributed by atoms with Crippen molar-refractivity contribution in [1.82, 2.24) is 0 Å². The van der Waals surface area contributed by atoms with E-state index in [-0.39, 0.29) is 0 Å². The smallest absolute Gasteiger partial charge is 0.275 e. The van der Waals surface area contributed by atoms with E-state index in [4.69, 9.17) is 5.41 Å². The van der Waals surface area contributed by atoms with Crippen LogP contribution in [0.3, 0.4) is 0 Å². The van der Waals surface area contributed by atoms with Crippen LogP contribution in [-0.2, 0) is 0 Å². The van der Waals surface area contributed by atoms with Crippen molar-refractivity contribution in [2.24, 2.45) is 5.73 Å². The van der Waals surface area contributed by atoms with E-state index in [1.54, 1.807) is 0 Å². The number of hydrogen-bond donors (Lipinski definition) is 2. The maximum absolute atomic E-state index is 12.5. The summed E-state index contributed by atoms with van der Waals surface area (Å²) in [5.41, 5.74) is 3.31. The van der Waals surface area contributed by atoms with Crippen LogP contribution in [0.4, 0.5) is 43.9 Å². The van der Waals surface area contributed by atoms with Gasteiger partial charge in [0.25, 0.3) is 0 Å². The van der Waals surface area contributed by atoms with E-state index < -0.39 is 36.0 Å². The zero-order valence-corrected chi connectivity index (χ0v) is 7.93. The Balaban J connectivity index is 5.71. The summed E-state index contributed by atoms with van der Waals surface area (Å²) in [6, 6.07) is -6.11.